The maximum atomic E-state index is 12.5. The minimum atomic E-state index is -0.116. The van der Waals surface area contributed by atoms with Gasteiger partial charge in [0.2, 0.25) is 0 Å². The van der Waals surface area contributed by atoms with E-state index in [9.17, 15) is 4.79 Å². The number of rotatable bonds is 3. The summed E-state index contributed by atoms with van der Waals surface area (Å²) in [6, 6.07) is 3.86. The molecule has 0 unspecified atom stereocenters. The Balaban J connectivity index is 1.77. The van der Waals surface area contributed by atoms with Gasteiger partial charge in [0.05, 0.1) is 16.7 Å². The van der Waals surface area contributed by atoms with Gasteiger partial charge in [-0.3, -0.25) is 9.78 Å². The number of pyridine rings is 1. The second kappa shape index (κ2) is 6.54. The van der Waals surface area contributed by atoms with Crippen LogP contribution in [0.4, 0.5) is 0 Å². The first-order valence-electron chi connectivity index (χ1n) is 7.41. The smallest absolute Gasteiger partial charge is 0.263 e. The first kappa shape index (κ1) is 15.1. The molecule has 2 aromatic rings. The fourth-order valence-electron chi connectivity index (χ4n) is 2.79. The van der Waals surface area contributed by atoms with Gasteiger partial charge in [0, 0.05) is 19.0 Å². The van der Waals surface area contributed by atoms with Crippen molar-refractivity contribution in [2.75, 3.05) is 6.61 Å². The van der Waals surface area contributed by atoms with Gasteiger partial charge in [-0.05, 0) is 44.4 Å². The van der Waals surface area contributed by atoms with Crippen LogP contribution in [-0.4, -0.2) is 28.5 Å². The summed E-state index contributed by atoms with van der Waals surface area (Å²) in [6.45, 7) is 4.51. The molecule has 3 heterocycles. The zero-order valence-electron chi connectivity index (χ0n) is 12.7. The SMILES string of the molecule is Cc1nc(C)c(C(=O)N[C@H]2CCCO[C@@H]2c2ccncc2)s1. The highest BCUT2D eigenvalue weighted by atomic mass is 32.1. The van der Waals surface area contributed by atoms with Crippen LogP contribution in [0, 0.1) is 13.8 Å². The van der Waals surface area contributed by atoms with E-state index in [0.717, 1.165) is 35.7 Å². The molecule has 0 saturated carbocycles. The molecule has 1 aliphatic heterocycles. The lowest BCUT2D eigenvalue weighted by molar-refractivity contribution is -0.00946. The van der Waals surface area contributed by atoms with Crippen molar-refractivity contribution in [2.24, 2.45) is 0 Å². The van der Waals surface area contributed by atoms with Crippen LogP contribution in [0.2, 0.25) is 0 Å². The van der Waals surface area contributed by atoms with Crippen LogP contribution in [0.25, 0.3) is 0 Å². The molecule has 3 rings (SSSR count). The van der Waals surface area contributed by atoms with E-state index in [1.165, 1.54) is 11.3 Å². The Morgan fingerprint density at radius 3 is 2.82 bits per heavy atom. The Hall–Kier alpha value is -1.79. The number of hydrogen-bond donors (Lipinski definition) is 1. The first-order valence-corrected chi connectivity index (χ1v) is 8.23. The van der Waals surface area contributed by atoms with E-state index in [4.69, 9.17) is 4.74 Å². The van der Waals surface area contributed by atoms with E-state index in [1.807, 2.05) is 26.0 Å². The molecular weight excluding hydrogens is 298 g/mol. The molecule has 2 atom stereocenters. The lowest BCUT2D eigenvalue weighted by atomic mass is 9.96. The van der Waals surface area contributed by atoms with Gasteiger partial charge >= 0.3 is 0 Å². The van der Waals surface area contributed by atoms with Crippen molar-refractivity contribution in [3.05, 3.63) is 45.7 Å². The maximum absolute atomic E-state index is 12.5. The van der Waals surface area contributed by atoms with Gasteiger partial charge in [-0.25, -0.2) is 4.98 Å². The molecule has 0 bridgehead atoms. The number of ether oxygens (including phenoxy) is 1. The summed E-state index contributed by atoms with van der Waals surface area (Å²) >= 11 is 1.43. The topological polar surface area (TPSA) is 64.1 Å². The van der Waals surface area contributed by atoms with Gasteiger partial charge in [0.1, 0.15) is 11.0 Å². The van der Waals surface area contributed by atoms with E-state index in [2.05, 4.69) is 15.3 Å². The van der Waals surface area contributed by atoms with Gasteiger partial charge in [0.15, 0.2) is 0 Å². The molecular formula is C16H19N3O2S. The van der Waals surface area contributed by atoms with Gasteiger partial charge in [0.25, 0.3) is 5.91 Å². The third-order valence-corrected chi connectivity index (χ3v) is 4.85. The number of amides is 1. The summed E-state index contributed by atoms with van der Waals surface area (Å²) in [5.74, 6) is -0.0577. The fourth-order valence-corrected chi connectivity index (χ4v) is 3.61. The number of nitrogens with zero attached hydrogens (tertiary/aromatic N) is 2. The summed E-state index contributed by atoms with van der Waals surface area (Å²) in [6.07, 6.45) is 5.25. The zero-order valence-corrected chi connectivity index (χ0v) is 13.5. The predicted molar refractivity (Wildman–Crippen MR) is 85.0 cm³/mol. The van der Waals surface area contributed by atoms with Gasteiger partial charge in [-0.15, -0.1) is 11.3 Å². The Morgan fingerprint density at radius 1 is 1.36 bits per heavy atom. The quantitative estimate of drug-likeness (QED) is 0.945. The van der Waals surface area contributed by atoms with Crippen LogP contribution in [0.1, 0.15) is 44.9 Å². The molecule has 1 N–H and O–H groups in total. The van der Waals surface area contributed by atoms with Crippen LogP contribution >= 0.6 is 11.3 Å². The monoisotopic (exact) mass is 317 g/mol. The van der Waals surface area contributed by atoms with Crippen LogP contribution in [0.5, 0.6) is 0 Å². The molecule has 22 heavy (non-hydrogen) atoms. The summed E-state index contributed by atoms with van der Waals surface area (Å²) < 4.78 is 5.89. The fraction of sp³-hybridized carbons (Fsp3) is 0.438. The number of aryl methyl sites for hydroxylation is 2. The summed E-state index contributed by atoms with van der Waals surface area (Å²) in [5.41, 5.74) is 1.84. The number of aromatic nitrogens is 2. The van der Waals surface area contributed by atoms with Crippen LogP contribution in [0.15, 0.2) is 24.5 Å². The van der Waals surface area contributed by atoms with Crippen molar-refractivity contribution in [3.8, 4) is 0 Å². The van der Waals surface area contributed by atoms with E-state index >= 15 is 0 Å². The molecule has 5 nitrogen and oxygen atoms in total. The molecule has 2 aromatic heterocycles. The van der Waals surface area contributed by atoms with Crippen LogP contribution in [-0.2, 0) is 4.74 Å². The normalized spacial score (nSPS) is 21.5. The minimum Gasteiger partial charge on any atom is -0.371 e. The lowest BCUT2D eigenvalue weighted by Gasteiger charge is -2.32. The standard InChI is InChI=1S/C16H19N3O2S/c1-10-15(22-11(2)18-10)16(20)19-13-4-3-9-21-14(13)12-5-7-17-8-6-12/h5-8,13-14H,3-4,9H2,1-2H3,(H,19,20)/t13-,14+/m0/s1. The lowest BCUT2D eigenvalue weighted by Crippen LogP contribution is -2.42. The van der Waals surface area contributed by atoms with Crippen molar-refractivity contribution >= 4 is 17.2 Å². The number of nitrogens with one attached hydrogen (secondary N) is 1. The van der Waals surface area contributed by atoms with Gasteiger partial charge in [-0.2, -0.15) is 0 Å². The molecule has 1 aliphatic rings. The van der Waals surface area contributed by atoms with Crippen molar-refractivity contribution in [3.63, 3.8) is 0 Å². The number of thiazole rings is 1. The van der Waals surface area contributed by atoms with E-state index in [0.29, 0.717) is 4.88 Å². The molecule has 116 valence electrons. The molecule has 1 saturated heterocycles. The van der Waals surface area contributed by atoms with E-state index in [1.54, 1.807) is 12.4 Å². The molecule has 0 aliphatic carbocycles. The predicted octanol–water partition coefficient (Wildman–Crippen LogP) is 2.81. The average Bonchev–Trinajstić information content (AvgIpc) is 2.87. The zero-order chi connectivity index (χ0) is 15.5. The Bertz CT molecular complexity index is 657. The molecule has 0 aromatic carbocycles. The highest BCUT2D eigenvalue weighted by Gasteiger charge is 2.29. The van der Waals surface area contributed by atoms with Gasteiger partial charge < -0.3 is 10.1 Å². The summed E-state index contributed by atoms with van der Waals surface area (Å²) in [7, 11) is 0. The third kappa shape index (κ3) is 3.18. The molecule has 0 spiro atoms. The molecule has 1 fully saturated rings. The average molecular weight is 317 g/mol. The van der Waals surface area contributed by atoms with Crippen molar-refractivity contribution < 1.29 is 9.53 Å². The second-order valence-corrected chi connectivity index (χ2v) is 6.64. The van der Waals surface area contributed by atoms with Crippen molar-refractivity contribution in [1.29, 1.82) is 0 Å². The third-order valence-electron chi connectivity index (χ3n) is 3.78. The second-order valence-electron chi connectivity index (χ2n) is 5.44. The van der Waals surface area contributed by atoms with Gasteiger partial charge in [-0.1, -0.05) is 0 Å². The summed E-state index contributed by atoms with van der Waals surface area (Å²) in [5, 5.41) is 4.03. The number of carbonyl (C=O) groups is 1. The van der Waals surface area contributed by atoms with Crippen LogP contribution in [0.3, 0.4) is 0 Å². The first-order chi connectivity index (χ1) is 10.6. The Labute approximate surface area is 133 Å². The van der Waals surface area contributed by atoms with Crippen molar-refractivity contribution in [2.45, 2.75) is 38.8 Å². The number of carbonyl (C=O) groups excluding carboxylic acids is 1. The Morgan fingerprint density at radius 2 is 2.14 bits per heavy atom. The molecule has 6 heteroatoms. The van der Waals surface area contributed by atoms with Crippen molar-refractivity contribution in [1.82, 2.24) is 15.3 Å². The number of hydrogen-bond acceptors (Lipinski definition) is 5. The van der Waals surface area contributed by atoms with E-state index in [-0.39, 0.29) is 18.1 Å². The summed E-state index contributed by atoms with van der Waals surface area (Å²) in [4.78, 5) is 21.6. The van der Waals surface area contributed by atoms with E-state index < -0.39 is 0 Å². The molecule has 1 amide bonds. The largest absolute Gasteiger partial charge is 0.371 e. The Kier molecular flexibility index (Phi) is 4.49. The minimum absolute atomic E-state index is 0.0227. The molecule has 0 radical (unpaired) electrons. The highest BCUT2D eigenvalue weighted by Crippen LogP contribution is 2.28. The maximum Gasteiger partial charge on any atom is 0.263 e. The highest BCUT2D eigenvalue weighted by molar-refractivity contribution is 7.13. The van der Waals surface area contributed by atoms with Crippen LogP contribution < -0.4 is 5.32 Å².